The van der Waals surface area contributed by atoms with Crippen LogP contribution >= 0.6 is 0 Å². The summed E-state index contributed by atoms with van der Waals surface area (Å²) in [6, 6.07) is 5.41. The molecule has 3 N–H and O–H groups in total. The molecule has 0 radical (unpaired) electrons. The van der Waals surface area contributed by atoms with Crippen molar-refractivity contribution >= 4 is 16.8 Å². The second-order valence-electron chi connectivity index (χ2n) is 7.24. The van der Waals surface area contributed by atoms with E-state index in [4.69, 9.17) is 5.11 Å². The highest BCUT2D eigenvalue weighted by Crippen LogP contribution is 2.25. The number of para-hydroxylation sites is 1. The number of nitrogens with one attached hydrogen (secondary N) is 1. The number of benzene rings is 1. The van der Waals surface area contributed by atoms with Crippen LogP contribution in [0, 0.1) is 17.7 Å². The maximum Gasteiger partial charge on any atom is 0.270 e. The molecule has 1 saturated heterocycles. The Balaban J connectivity index is 1.82. The predicted octanol–water partition coefficient (Wildman–Crippen LogP) is 0.662. The Bertz CT molecular complexity index is 901. The van der Waals surface area contributed by atoms with Crippen LogP contribution in [0.5, 0.6) is 0 Å². The lowest BCUT2D eigenvalue weighted by atomic mass is 9.96. The van der Waals surface area contributed by atoms with Gasteiger partial charge in [0.1, 0.15) is 11.5 Å². The fourth-order valence-electron chi connectivity index (χ4n) is 3.89. The monoisotopic (exact) mass is 391 g/mol. The molecule has 0 unspecified atom stereocenters. The van der Waals surface area contributed by atoms with E-state index in [1.165, 1.54) is 24.3 Å². The van der Waals surface area contributed by atoms with Gasteiger partial charge in [-0.2, -0.15) is 0 Å². The Kier molecular flexibility index (Phi) is 6.43. The zero-order valence-electron chi connectivity index (χ0n) is 15.9. The molecular formula is C20H26FN3O4. The number of fused-ring (bicyclic) bond motifs is 1. The molecule has 8 heteroatoms. The zero-order chi connectivity index (χ0) is 20.3. The minimum atomic E-state index is -0.584. The van der Waals surface area contributed by atoms with E-state index in [0.29, 0.717) is 26.2 Å². The van der Waals surface area contributed by atoms with Crippen molar-refractivity contribution in [3.05, 3.63) is 46.0 Å². The van der Waals surface area contributed by atoms with Gasteiger partial charge in [0.15, 0.2) is 5.43 Å². The van der Waals surface area contributed by atoms with Crippen LogP contribution in [0.2, 0.25) is 0 Å². The zero-order valence-corrected chi connectivity index (χ0v) is 15.9. The number of aromatic nitrogens is 1. The van der Waals surface area contributed by atoms with Crippen molar-refractivity contribution in [3.8, 4) is 0 Å². The average Bonchev–Trinajstić information content (AvgIpc) is 3.10. The maximum atomic E-state index is 14.1. The van der Waals surface area contributed by atoms with Crippen molar-refractivity contribution in [1.29, 1.82) is 0 Å². The second-order valence-corrected chi connectivity index (χ2v) is 7.24. The van der Waals surface area contributed by atoms with E-state index in [1.54, 1.807) is 4.90 Å². The molecule has 0 spiro atoms. The normalized spacial score (nSPS) is 19.7. The largest absolute Gasteiger partial charge is 0.396 e. The summed E-state index contributed by atoms with van der Waals surface area (Å²) in [4.78, 5) is 31.7. The molecule has 0 bridgehead atoms. The summed E-state index contributed by atoms with van der Waals surface area (Å²) in [6.07, 6.45) is 0. The molecule has 1 aliphatic heterocycles. The summed E-state index contributed by atoms with van der Waals surface area (Å²) in [5, 5.41) is 19.1. The number of halogens is 1. The van der Waals surface area contributed by atoms with Gasteiger partial charge in [0.2, 0.25) is 0 Å². The summed E-state index contributed by atoms with van der Waals surface area (Å²) in [5.41, 5.74) is -0.346. The van der Waals surface area contributed by atoms with Gasteiger partial charge in [-0.25, -0.2) is 4.39 Å². The van der Waals surface area contributed by atoms with E-state index >= 15 is 0 Å². The number of likely N-dealkylation sites (N-methyl/N-ethyl adjacent to an activating group) is 1. The van der Waals surface area contributed by atoms with Gasteiger partial charge in [-0.05, 0) is 24.6 Å². The lowest BCUT2D eigenvalue weighted by molar-refractivity contribution is 0.0773. The summed E-state index contributed by atoms with van der Waals surface area (Å²) in [5.74, 6) is -0.988. The third-order valence-corrected chi connectivity index (χ3v) is 5.50. The molecule has 1 amide bonds. The van der Waals surface area contributed by atoms with Gasteiger partial charge in [-0.1, -0.05) is 13.0 Å². The Morgan fingerprint density at radius 1 is 1.32 bits per heavy atom. The number of aromatic amines is 1. The van der Waals surface area contributed by atoms with Gasteiger partial charge >= 0.3 is 0 Å². The quantitative estimate of drug-likeness (QED) is 0.644. The number of nitrogens with zero attached hydrogens (tertiary/aromatic N) is 2. The van der Waals surface area contributed by atoms with Crippen molar-refractivity contribution in [2.24, 2.45) is 11.8 Å². The van der Waals surface area contributed by atoms with E-state index in [2.05, 4.69) is 9.88 Å². The highest BCUT2D eigenvalue weighted by Gasteiger charge is 2.36. The molecule has 152 valence electrons. The first-order chi connectivity index (χ1) is 13.5. The van der Waals surface area contributed by atoms with Crippen molar-refractivity contribution in [3.63, 3.8) is 0 Å². The number of amides is 1. The molecule has 1 aromatic heterocycles. The fraction of sp³-hybridized carbons (Fsp3) is 0.500. The number of hydrogen-bond donors (Lipinski definition) is 3. The second kappa shape index (κ2) is 8.81. The van der Waals surface area contributed by atoms with Gasteiger partial charge < -0.3 is 25.0 Å². The molecule has 1 fully saturated rings. The first-order valence-electron chi connectivity index (χ1n) is 9.53. The third-order valence-electron chi connectivity index (χ3n) is 5.50. The molecule has 1 aliphatic rings. The number of H-pyrrole nitrogens is 1. The lowest BCUT2D eigenvalue weighted by Gasteiger charge is -2.25. The summed E-state index contributed by atoms with van der Waals surface area (Å²) < 4.78 is 14.1. The van der Waals surface area contributed by atoms with E-state index in [-0.39, 0.29) is 47.6 Å². The first kappa shape index (κ1) is 20.4. The van der Waals surface area contributed by atoms with Gasteiger partial charge in [0.05, 0.1) is 12.1 Å². The number of hydrogen-bond acceptors (Lipinski definition) is 5. The van der Waals surface area contributed by atoms with E-state index in [1.807, 2.05) is 6.92 Å². The lowest BCUT2D eigenvalue weighted by Crippen LogP contribution is -2.36. The number of rotatable bonds is 7. The Morgan fingerprint density at radius 3 is 2.75 bits per heavy atom. The molecular weight excluding hydrogens is 365 g/mol. The summed E-state index contributed by atoms with van der Waals surface area (Å²) in [6.45, 7) is 4.77. The van der Waals surface area contributed by atoms with Crippen LogP contribution < -0.4 is 5.43 Å². The molecule has 2 aromatic rings. The predicted molar refractivity (Wildman–Crippen MR) is 104 cm³/mol. The topological polar surface area (TPSA) is 96.9 Å². The van der Waals surface area contributed by atoms with Crippen LogP contribution in [0.3, 0.4) is 0 Å². The SMILES string of the molecule is CCN(CCO)C[C@@H]1CN(C(=O)c2cc(=O)c3cccc(F)c3[nH]2)C[C@@H]1CO. The summed E-state index contributed by atoms with van der Waals surface area (Å²) >= 11 is 0. The molecule has 3 rings (SSSR count). The third kappa shape index (κ3) is 4.09. The van der Waals surface area contributed by atoms with Crippen LogP contribution in [-0.2, 0) is 0 Å². The maximum absolute atomic E-state index is 14.1. The Hall–Kier alpha value is -2.29. The molecule has 28 heavy (non-hydrogen) atoms. The molecule has 1 aromatic carbocycles. The average molecular weight is 391 g/mol. The van der Waals surface area contributed by atoms with Crippen molar-refractivity contribution in [2.75, 3.05) is 45.9 Å². The number of pyridine rings is 1. The van der Waals surface area contributed by atoms with E-state index in [0.717, 1.165) is 6.54 Å². The number of carbonyl (C=O) groups excluding carboxylic acids is 1. The number of aliphatic hydroxyl groups excluding tert-OH is 2. The van der Waals surface area contributed by atoms with E-state index < -0.39 is 11.2 Å². The number of aliphatic hydroxyl groups is 2. The van der Waals surface area contributed by atoms with Crippen molar-refractivity contribution < 1.29 is 19.4 Å². The van der Waals surface area contributed by atoms with Crippen LogP contribution in [0.4, 0.5) is 4.39 Å². The molecule has 0 aliphatic carbocycles. The van der Waals surface area contributed by atoms with Crippen LogP contribution in [0.15, 0.2) is 29.1 Å². The smallest absolute Gasteiger partial charge is 0.270 e. The summed E-state index contributed by atoms with van der Waals surface area (Å²) in [7, 11) is 0. The van der Waals surface area contributed by atoms with Gasteiger partial charge in [0.25, 0.3) is 5.91 Å². The standard InChI is InChI=1S/C20H26FN3O4/c1-2-23(6-7-25)9-13-10-24(11-14(13)12-26)20(28)17-8-18(27)15-4-3-5-16(21)19(15)22-17/h3-5,8,13-14,25-26H,2,6-7,9-12H2,1H3,(H,22,27)/t13-,14-/m1/s1. The van der Waals surface area contributed by atoms with Crippen LogP contribution in [-0.4, -0.2) is 76.8 Å². The van der Waals surface area contributed by atoms with Crippen molar-refractivity contribution in [1.82, 2.24) is 14.8 Å². The first-order valence-corrected chi connectivity index (χ1v) is 9.53. The van der Waals surface area contributed by atoms with Crippen molar-refractivity contribution in [2.45, 2.75) is 6.92 Å². The minimum absolute atomic E-state index is 0.0212. The Labute approximate surface area is 162 Å². The highest BCUT2D eigenvalue weighted by molar-refractivity contribution is 5.95. The molecule has 0 saturated carbocycles. The molecule has 7 nitrogen and oxygen atoms in total. The van der Waals surface area contributed by atoms with E-state index in [9.17, 15) is 19.1 Å². The Morgan fingerprint density at radius 2 is 2.07 bits per heavy atom. The van der Waals surface area contributed by atoms with Gasteiger partial charge in [-0.3, -0.25) is 9.59 Å². The van der Waals surface area contributed by atoms with Gasteiger partial charge in [0, 0.05) is 50.2 Å². The molecule has 2 atom stereocenters. The van der Waals surface area contributed by atoms with Crippen LogP contribution in [0.1, 0.15) is 17.4 Å². The highest BCUT2D eigenvalue weighted by atomic mass is 19.1. The molecule has 2 heterocycles. The minimum Gasteiger partial charge on any atom is -0.396 e. The fourth-order valence-corrected chi connectivity index (χ4v) is 3.89. The number of carbonyl (C=O) groups is 1. The van der Waals surface area contributed by atoms with Crippen LogP contribution in [0.25, 0.3) is 10.9 Å². The van der Waals surface area contributed by atoms with Gasteiger partial charge in [-0.15, -0.1) is 0 Å². The number of likely N-dealkylation sites (tertiary alicyclic amines) is 1.